The zero-order valence-corrected chi connectivity index (χ0v) is 10.5. The summed E-state index contributed by atoms with van der Waals surface area (Å²) in [6, 6.07) is 0. The molecule has 1 atom stereocenters. The molecule has 0 rings (SSSR count). The summed E-state index contributed by atoms with van der Waals surface area (Å²) in [7, 11) is 0. The monoisotopic (exact) mass is 322 g/mol. The molecule has 0 aliphatic heterocycles. The molecule has 0 N–H and O–H groups in total. The maximum absolute atomic E-state index is 10.1. The Morgan fingerprint density at radius 1 is 1.36 bits per heavy atom. The molecule has 0 saturated carbocycles. The van der Waals surface area contributed by atoms with E-state index in [1.54, 1.807) is 0 Å². The number of carbonyl (C=O) groups is 1. The Hall–Kier alpha value is 0.410. The molecule has 0 bridgehead atoms. The molecule has 0 radical (unpaired) electrons. The Kier molecular flexibility index (Phi) is 8.82. The van der Waals surface area contributed by atoms with Crippen LogP contribution in [0.2, 0.25) is 4.14 Å². The molecule has 0 fully saturated rings. The van der Waals surface area contributed by atoms with Crippen LogP contribution in [0.25, 0.3) is 0 Å². The van der Waals surface area contributed by atoms with Crippen LogP contribution < -0.4 is 0 Å². The first-order valence-corrected chi connectivity index (χ1v) is 6.28. The number of hydrogen-bond donors (Lipinski definition) is 0. The van der Waals surface area contributed by atoms with Crippen molar-refractivity contribution in [1.82, 2.24) is 0 Å². The molecular formula is C9H17OTa. The van der Waals surface area contributed by atoms with Gasteiger partial charge < -0.3 is 0 Å². The van der Waals surface area contributed by atoms with Crippen LogP contribution in [0.5, 0.6) is 0 Å². The van der Waals surface area contributed by atoms with Crippen molar-refractivity contribution in [1.29, 1.82) is 0 Å². The van der Waals surface area contributed by atoms with Gasteiger partial charge in [0.2, 0.25) is 0 Å². The molecule has 11 heavy (non-hydrogen) atoms. The van der Waals surface area contributed by atoms with E-state index in [4.69, 9.17) is 0 Å². The van der Waals surface area contributed by atoms with Crippen LogP contribution in [0.15, 0.2) is 0 Å². The van der Waals surface area contributed by atoms with Crippen LogP contribution in [-0.2, 0) is 25.9 Å². The van der Waals surface area contributed by atoms with Gasteiger partial charge in [-0.15, -0.1) is 0 Å². The summed E-state index contributed by atoms with van der Waals surface area (Å²) in [5, 5.41) is 0. The summed E-state index contributed by atoms with van der Waals surface area (Å²) in [5.74, 6) is 0. The van der Waals surface area contributed by atoms with Gasteiger partial charge in [0.05, 0.1) is 0 Å². The molecule has 1 nitrogen and oxygen atoms in total. The molecular weight excluding hydrogens is 305 g/mol. The Bertz CT molecular complexity index is 93.6. The van der Waals surface area contributed by atoms with Crippen molar-refractivity contribution >= 4 is 6.29 Å². The molecule has 0 aromatic rings. The molecule has 2 heteroatoms. The third-order valence-electron chi connectivity index (χ3n) is 1.76. The Morgan fingerprint density at radius 3 is 2.64 bits per heavy atom. The van der Waals surface area contributed by atoms with Crippen LogP contribution >= 0.6 is 0 Å². The minimum absolute atomic E-state index is 0.771. The first-order chi connectivity index (χ1) is 5.31. The second kappa shape index (κ2) is 8.51. The van der Waals surface area contributed by atoms with Crippen molar-refractivity contribution in [3.63, 3.8) is 0 Å². The Labute approximate surface area is 81.9 Å². The molecule has 64 valence electrons. The van der Waals surface area contributed by atoms with Gasteiger partial charge in [-0.3, -0.25) is 0 Å². The summed E-state index contributed by atoms with van der Waals surface area (Å²) in [5.41, 5.74) is 0. The number of carbonyl (C=O) groups excluding carboxylic acids is 1. The van der Waals surface area contributed by atoms with Gasteiger partial charge in [-0.25, -0.2) is 0 Å². The summed E-state index contributed by atoms with van der Waals surface area (Å²) in [6.45, 7) is 2.23. The van der Waals surface area contributed by atoms with E-state index >= 15 is 0 Å². The maximum atomic E-state index is 10.1. The third kappa shape index (κ3) is 8.32. The molecule has 1 unspecified atom stereocenters. The van der Waals surface area contributed by atoms with Gasteiger partial charge in [0.1, 0.15) is 0 Å². The Balaban J connectivity index is 3.08. The second-order valence-corrected chi connectivity index (χ2v) is 5.52. The average Bonchev–Trinajstić information content (AvgIpc) is 2.01. The van der Waals surface area contributed by atoms with E-state index in [-0.39, 0.29) is 0 Å². The molecule has 0 aromatic heterocycles. The fourth-order valence-electron chi connectivity index (χ4n) is 1.03. The van der Waals surface area contributed by atoms with Gasteiger partial charge in [0, 0.05) is 0 Å². The van der Waals surface area contributed by atoms with E-state index < -0.39 is 0 Å². The van der Waals surface area contributed by atoms with E-state index in [0.717, 1.165) is 23.3 Å². The van der Waals surface area contributed by atoms with Crippen LogP contribution in [0, 0.1) is 0 Å². The number of aldehydes is 1. The SMILES string of the molecule is CCCCC[CH]([Ta])CCC=O. The van der Waals surface area contributed by atoms with Crippen molar-refractivity contribution in [3.05, 3.63) is 0 Å². The van der Waals surface area contributed by atoms with Gasteiger partial charge in [-0.1, -0.05) is 0 Å². The summed E-state index contributed by atoms with van der Waals surface area (Å²) >= 11 is 1.46. The van der Waals surface area contributed by atoms with E-state index in [9.17, 15) is 4.79 Å². The van der Waals surface area contributed by atoms with E-state index in [2.05, 4.69) is 6.92 Å². The molecule has 0 aliphatic carbocycles. The van der Waals surface area contributed by atoms with Gasteiger partial charge in [0.15, 0.2) is 0 Å². The fraction of sp³-hybridized carbons (Fsp3) is 0.889. The fourth-order valence-corrected chi connectivity index (χ4v) is 2.23. The van der Waals surface area contributed by atoms with Crippen molar-refractivity contribution in [2.45, 2.75) is 49.6 Å². The van der Waals surface area contributed by atoms with E-state index in [1.807, 2.05) is 0 Å². The zero-order valence-electron chi connectivity index (χ0n) is 7.25. The van der Waals surface area contributed by atoms with Crippen molar-refractivity contribution in [3.8, 4) is 0 Å². The van der Waals surface area contributed by atoms with Gasteiger partial charge in [-0.05, 0) is 0 Å². The number of rotatable bonds is 7. The van der Waals surface area contributed by atoms with Crippen molar-refractivity contribution in [2.75, 3.05) is 0 Å². The van der Waals surface area contributed by atoms with Gasteiger partial charge >= 0.3 is 81.7 Å². The Morgan fingerprint density at radius 2 is 2.09 bits per heavy atom. The molecule has 0 aliphatic rings. The molecule has 0 aromatic carbocycles. The second-order valence-electron chi connectivity index (χ2n) is 2.89. The zero-order chi connectivity index (χ0) is 8.53. The molecule has 0 saturated heterocycles. The summed E-state index contributed by atoms with van der Waals surface area (Å²) < 4.78 is 0.853. The quantitative estimate of drug-likeness (QED) is 0.520. The first-order valence-electron chi connectivity index (χ1n) is 4.43. The standard InChI is InChI=1S/C9H17O.Ta/c1-2-3-4-5-6-7-8-9-10;/h6,9H,2-5,7-8H2,1H3;. The van der Waals surface area contributed by atoms with Gasteiger partial charge in [-0.2, -0.15) is 0 Å². The number of unbranched alkanes of at least 4 members (excludes halogenated alkanes) is 2. The molecule has 0 spiro atoms. The minimum atomic E-state index is 0.771. The average molecular weight is 322 g/mol. The van der Waals surface area contributed by atoms with Crippen LogP contribution in [-0.4, -0.2) is 6.29 Å². The normalized spacial score (nSPS) is 12.8. The van der Waals surface area contributed by atoms with E-state index in [0.29, 0.717) is 0 Å². The van der Waals surface area contributed by atoms with Crippen LogP contribution in [0.4, 0.5) is 0 Å². The number of hydrogen-bond acceptors (Lipinski definition) is 1. The molecule has 0 heterocycles. The topological polar surface area (TPSA) is 17.1 Å². The van der Waals surface area contributed by atoms with Gasteiger partial charge in [0.25, 0.3) is 0 Å². The molecule has 0 amide bonds. The van der Waals surface area contributed by atoms with Crippen LogP contribution in [0.3, 0.4) is 0 Å². The van der Waals surface area contributed by atoms with E-state index in [1.165, 1.54) is 46.8 Å². The van der Waals surface area contributed by atoms with Crippen LogP contribution in [0.1, 0.15) is 45.4 Å². The summed E-state index contributed by atoms with van der Waals surface area (Å²) in [6.07, 6.45) is 8.30. The first kappa shape index (κ1) is 11.4. The predicted molar refractivity (Wildman–Crippen MR) is 43.2 cm³/mol. The summed E-state index contributed by atoms with van der Waals surface area (Å²) in [4.78, 5) is 10.1. The van der Waals surface area contributed by atoms with Crippen molar-refractivity contribution < 1.29 is 25.9 Å². The predicted octanol–water partition coefficient (Wildman–Crippen LogP) is 2.88. The third-order valence-corrected chi connectivity index (χ3v) is 3.61. The van der Waals surface area contributed by atoms with Crippen molar-refractivity contribution in [2.24, 2.45) is 0 Å².